The Bertz CT molecular complexity index is 1660. The van der Waals surface area contributed by atoms with E-state index < -0.39 is 21.5 Å². The number of hydrogen-bond acceptors (Lipinski definition) is 9. The number of fused-ring (bicyclic) bond motifs is 1. The van der Waals surface area contributed by atoms with Crippen LogP contribution in [0.2, 0.25) is 0 Å². The number of nitrogens with one attached hydrogen (secondary N) is 1. The van der Waals surface area contributed by atoms with Crippen molar-refractivity contribution in [1.82, 2.24) is 24.2 Å². The van der Waals surface area contributed by atoms with Gasteiger partial charge in [0.1, 0.15) is 22.0 Å². The molecule has 0 spiro atoms. The van der Waals surface area contributed by atoms with E-state index in [-0.39, 0.29) is 36.5 Å². The summed E-state index contributed by atoms with van der Waals surface area (Å²) in [6.07, 6.45) is 4.56. The molecule has 204 valence electrons. The Morgan fingerprint density at radius 2 is 1.90 bits per heavy atom. The molecule has 4 heterocycles. The van der Waals surface area contributed by atoms with E-state index in [2.05, 4.69) is 20.2 Å². The third kappa shape index (κ3) is 5.37. The SMILES string of the molecule is COc1ccccc1N1CCN(S(=O)(=O)c2c(C)sc3ncn(CC(=O)NCc4cccnc4)c(=O)c23)CC1. The highest BCUT2D eigenvalue weighted by atomic mass is 32.2. The predicted octanol–water partition coefficient (Wildman–Crippen LogP) is 2.00. The van der Waals surface area contributed by atoms with E-state index in [0.717, 1.165) is 32.9 Å². The molecule has 13 heteroatoms. The fraction of sp³-hybridized carbons (Fsp3) is 0.308. The molecule has 0 atom stereocenters. The smallest absolute Gasteiger partial charge is 0.263 e. The molecule has 1 amide bonds. The number of methoxy groups -OCH3 is 1. The van der Waals surface area contributed by atoms with Crippen molar-refractivity contribution in [3.63, 3.8) is 0 Å². The second-order valence-electron chi connectivity index (χ2n) is 9.05. The third-order valence-electron chi connectivity index (χ3n) is 6.59. The standard InChI is InChI=1S/C26H28N6O5S2/c1-18-24(39(35,36)32-12-10-30(11-13-32)20-7-3-4-8-21(20)37-2)23-25(38-18)29-17-31(26(23)34)16-22(33)28-15-19-6-5-9-27-14-19/h3-9,14,17H,10-13,15-16H2,1-2H3,(H,28,33). The van der Waals surface area contributed by atoms with Crippen LogP contribution in [0.3, 0.4) is 0 Å². The number of nitrogens with zero attached hydrogens (tertiary/aromatic N) is 5. The van der Waals surface area contributed by atoms with Gasteiger partial charge in [-0.25, -0.2) is 13.4 Å². The highest BCUT2D eigenvalue weighted by molar-refractivity contribution is 7.89. The first-order valence-electron chi connectivity index (χ1n) is 12.3. The normalized spacial score (nSPS) is 14.5. The van der Waals surface area contributed by atoms with Crippen molar-refractivity contribution >= 4 is 43.2 Å². The molecule has 0 saturated carbocycles. The van der Waals surface area contributed by atoms with E-state index in [0.29, 0.717) is 22.8 Å². The van der Waals surface area contributed by atoms with Gasteiger partial charge in [-0.1, -0.05) is 18.2 Å². The Morgan fingerprint density at radius 1 is 1.13 bits per heavy atom. The molecule has 1 aliphatic rings. The summed E-state index contributed by atoms with van der Waals surface area (Å²) >= 11 is 1.16. The number of ether oxygens (including phenoxy) is 1. The van der Waals surface area contributed by atoms with Crippen LogP contribution in [-0.2, 0) is 27.9 Å². The van der Waals surface area contributed by atoms with Crippen molar-refractivity contribution in [1.29, 1.82) is 0 Å². The lowest BCUT2D eigenvalue weighted by Gasteiger charge is -2.35. The van der Waals surface area contributed by atoms with Crippen LogP contribution in [0.5, 0.6) is 5.75 Å². The van der Waals surface area contributed by atoms with Gasteiger partial charge in [0.15, 0.2) is 0 Å². The molecule has 0 aliphatic carbocycles. The van der Waals surface area contributed by atoms with Crippen LogP contribution in [0.25, 0.3) is 10.2 Å². The zero-order valence-electron chi connectivity index (χ0n) is 21.5. The van der Waals surface area contributed by atoms with E-state index in [1.165, 1.54) is 10.6 Å². The molecule has 0 bridgehead atoms. The van der Waals surface area contributed by atoms with Crippen LogP contribution in [0.15, 0.2) is 64.8 Å². The number of piperazine rings is 1. The number of anilines is 1. The number of carbonyl (C=O) groups is 1. The van der Waals surface area contributed by atoms with Crippen LogP contribution in [0, 0.1) is 6.92 Å². The zero-order valence-corrected chi connectivity index (χ0v) is 23.2. The van der Waals surface area contributed by atoms with Gasteiger partial charge in [0.2, 0.25) is 15.9 Å². The van der Waals surface area contributed by atoms with Gasteiger partial charge in [-0.15, -0.1) is 11.3 Å². The summed E-state index contributed by atoms with van der Waals surface area (Å²) in [6, 6.07) is 11.2. The van der Waals surface area contributed by atoms with E-state index in [1.807, 2.05) is 30.3 Å². The van der Waals surface area contributed by atoms with Crippen molar-refractivity contribution in [3.05, 3.63) is 75.9 Å². The lowest BCUT2D eigenvalue weighted by molar-refractivity contribution is -0.121. The summed E-state index contributed by atoms with van der Waals surface area (Å²) in [4.78, 5) is 37.2. The van der Waals surface area contributed by atoms with Crippen LogP contribution in [0.1, 0.15) is 10.4 Å². The van der Waals surface area contributed by atoms with Gasteiger partial charge >= 0.3 is 0 Å². The van der Waals surface area contributed by atoms with E-state index in [9.17, 15) is 18.0 Å². The van der Waals surface area contributed by atoms with E-state index >= 15 is 0 Å². The maximum absolute atomic E-state index is 13.8. The lowest BCUT2D eigenvalue weighted by Crippen LogP contribution is -2.49. The van der Waals surface area contributed by atoms with E-state index in [4.69, 9.17) is 4.74 Å². The van der Waals surface area contributed by atoms with Crippen LogP contribution < -0.4 is 20.5 Å². The Labute approximate surface area is 229 Å². The average molecular weight is 569 g/mol. The second kappa shape index (κ2) is 11.1. The Morgan fingerprint density at radius 3 is 2.62 bits per heavy atom. The minimum absolute atomic E-state index is 0.0206. The molecule has 4 aromatic rings. The molecular weight excluding hydrogens is 540 g/mol. The number of para-hydroxylation sites is 2. The molecule has 1 aromatic carbocycles. The first-order valence-corrected chi connectivity index (χ1v) is 14.6. The molecule has 5 rings (SSSR count). The second-order valence-corrected chi connectivity index (χ2v) is 12.1. The fourth-order valence-electron chi connectivity index (χ4n) is 4.64. The largest absolute Gasteiger partial charge is 0.495 e. The number of aromatic nitrogens is 3. The van der Waals surface area contributed by atoms with Gasteiger partial charge in [0.25, 0.3) is 5.56 Å². The van der Waals surface area contributed by atoms with Crippen LogP contribution in [0.4, 0.5) is 5.69 Å². The summed E-state index contributed by atoms with van der Waals surface area (Å²) in [5.41, 5.74) is 1.16. The minimum atomic E-state index is -3.99. The van der Waals surface area contributed by atoms with Crippen LogP contribution >= 0.6 is 11.3 Å². The summed E-state index contributed by atoms with van der Waals surface area (Å²) in [7, 11) is -2.38. The number of carbonyl (C=O) groups excluding carboxylic acids is 1. The number of benzene rings is 1. The van der Waals surface area contributed by atoms with Gasteiger partial charge in [0.05, 0.1) is 24.5 Å². The summed E-state index contributed by atoms with van der Waals surface area (Å²) in [6.45, 7) is 3.10. The Hall–Kier alpha value is -3.81. The topological polar surface area (TPSA) is 127 Å². The number of amides is 1. The van der Waals surface area contributed by atoms with Crippen molar-refractivity contribution in [3.8, 4) is 5.75 Å². The highest BCUT2D eigenvalue weighted by Crippen LogP contribution is 2.34. The van der Waals surface area contributed by atoms with E-state index in [1.54, 1.807) is 32.5 Å². The minimum Gasteiger partial charge on any atom is -0.495 e. The Kier molecular flexibility index (Phi) is 7.64. The van der Waals surface area contributed by atoms with Gasteiger partial charge in [0, 0.05) is 50.0 Å². The molecule has 1 N–H and O–H groups in total. The third-order valence-corrected chi connectivity index (χ3v) is 9.80. The molecular formula is C26H28N6O5S2. The van der Waals surface area contributed by atoms with Gasteiger partial charge in [-0.3, -0.25) is 19.1 Å². The van der Waals surface area contributed by atoms with Crippen molar-refractivity contribution in [2.75, 3.05) is 38.2 Å². The molecule has 1 aliphatic heterocycles. The van der Waals surface area contributed by atoms with Crippen molar-refractivity contribution in [2.45, 2.75) is 24.9 Å². The Balaban J connectivity index is 1.37. The molecule has 1 fully saturated rings. The first-order chi connectivity index (χ1) is 18.8. The molecule has 0 unspecified atom stereocenters. The summed E-state index contributed by atoms with van der Waals surface area (Å²) in [5.74, 6) is 0.329. The number of aryl methyl sites for hydroxylation is 1. The van der Waals surface area contributed by atoms with Crippen molar-refractivity contribution < 1.29 is 17.9 Å². The summed E-state index contributed by atoms with van der Waals surface area (Å²) in [5, 5.41) is 2.77. The lowest BCUT2D eigenvalue weighted by atomic mass is 10.2. The number of sulfonamides is 1. The molecule has 1 saturated heterocycles. The van der Waals surface area contributed by atoms with Crippen LogP contribution in [-0.4, -0.2) is 66.5 Å². The molecule has 0 radical (unpaired) electrons. The number of hydrogen-bond donors (Lipinski definition) is 1. The number of rotatable bonds is 8. The monoisotopic (exact) mass is 568 g/mol. The molecule has 3 aromatic heterocycles. The number of pyridine rings is 1. The highest BCUT2D eigenvalue weighted by Gasteiger charge is 2.34. The zero-order chi connectivity index (χ0) is 27.6. The first kappa shape index (κ1) is 26.8. The maximum atomic E-state index is 13.8. The van der Waals surface area contributed by atoms with Gasteiger partial charge in [-0.2, -0.15) is 4.31 Å². The van der Waals surface area contributed by atoms with Gasteiger partial charge < -0.3 is 15.0 Å². The van der Waals surface area contributed by atoms with Crippen molar-refractivity contribution in [2.24, 2.45) is 0 Å². The molecule has 11 nitrogen and oxygen atoms in total. The fourth-order valence-corrected chi connectivity index (χ4v) is 7.73. The average Bonchev–Trinajstić information content (AvgIpc) is 3.31. The number of thiophene rings is 1. The quantitative estimate of drug-likeness (QED) is 0.342. The summed E-state index contributed by atoms with van der Waals surface area (Å²) < 4.78 is 35.7. The maximum Gasteiger partial charge on any atom is 0.263 e. The molecule has 39 heavy (non-hydrogen) atoms. The predicted molar refractivity (Wildman–Crippen MR) is 149 cm³/mol. The van der Waals surface area contributed by atoms with Gasteiger partial charge in [-0.05, 0) is 30.7 Å².